The van der Waals surface area contributed by atoms with Crippen LogP contribution in [0.1, 0.15) is 0 Å². The summed E-state index contributed by atoms with van der Waals surface area (Å²) < 4.78 is 10.9. The van der Waals surface area contributed by atoms with E-state index in [0.29, 0.717) is 5.75 Å². The number of rotatable bonds is 4. The topological polar surface area (TPSA) is 69.6 Å². The second-order valence-electron chi connectivity index (χ2n) is 11.6. The van der Waals surface area contributed by atoms with Crippen molar-refractivity contribution >= 4 is 54.9 Å². The van der Waals surface area contributed by atoms with Crippen LogP contribution in [-0.4, -0.2) is 28.7 Å². The monoisotopic (exact) mass is 604 g/mol. The summed E-state index contributed by atoms with van der Waals surface area (Å²) in [5, 5.41) is 5.11. The lowest BCUT2D eigenvalue weighted by Gasteiger charge is -2.13. The van der Waals surface area contributed by atoms with Gasteiger partial charge in [-0.3, -0.25) is 13.8 Å². The molecule has 0 atom stereocenters. The maximum absolute atomic E-state index is 6.59. The van der Waals surface area contributed by atoms with E-state index < -0.39 is 0 Å². The van der Waals surface area contributed by atoms with Gasteiger partial charge < -0.3 is 4.74 Å². The zero-order valence-corrected chi connectivity index (χ0v) is 24.9. The standard InChI is InChI=1S/C40H24N6O/c1-3-9-25(10-4-1)34-24-45-35-14-8-19-41-37(35)30-18-16-28(22-33(30)40(45)44-34)47-27-15-17-29-31-13-7-20-42-38(31)46-36(26-11-5-2-6-12-26)23-43-39(46)32(29)21-27/h1-24H. The number of nitrogens with zero attached hydrogens (tertiary/aromatic N) is 6. The van der Waals surface area contributed by atoms with Crippen LogP contribution in [0.2, 0.25) is 0 Å². The van der Waals surface area contributed by atoms with Crippen molar-refractivity contribution in [3.8, 4) is 34.0 Å². The van der Waals surface area contributed by atoms with E-state index in [9.17, 15) is 0 Å². The van der Waals surface area contributed by atoms with Crippen LogP contribution in [0.4, 0.5) is 0 Å². The summed E-state index contributed by atoms with van der Waals surface area (Å²) in [4.78, 5) is 19.6. The van der Waals surface area contributed by atoms with E-state index >= 15 is 0 Å². The molecule has 0 fully saturated rings. The summed E-state index contributed by atoms with van der Waals surface area (Å²) in [7, 11) is 0. The second kappa shape index (κ2) is 9.95. The first-order valence-electron chi connectivity index (χ1n) is 15.5. The van der Waals surface area contributed by atoms with Gasteiger partial charge in [-0.2, -0.15) is 0 Å². The SMILES string of the molecule is c1ccc(-c2cn3c4cccnc4c4ccc(Oc5ccc6c7cccnc7n7c(-c8ccccc8)cnc7c6c5)cc4c3n2)cc1. The molecular formula is C40H24N6O. The van der Waals surface area contributed by atoms with Crippen LogP contribution in [0.3, 0.4) is 0 Å². The molecule has 220 valence electrons. The van der Waals surface area contributed by atoms with Gasteiger partial charge in [-0.15, -0.1) is 0 Å². The average Bonchev–Trinajstić information content (AvgIpc) is 3.79. The van der Waals surface area contributed by atoms with Crippen LogP contribution in [0.5, 0.6) is 11.5 Å². The molecule has 6 heterocycles. The first-order chi connectivity index (χ1) is 23.3. The summed E-state index contributed by atoms with van der Waals surface area (Å²) >= 11 is 0. The van der Waals surface area contributed by atoms with E-state index in [-0.39, 0.29) is 0 Å². The predicted molar refractivity (Wildman–Crippen MR) is 187 cm³/mol. The molecule has 7 nitrogen and oxygen atoms in total. The molecule has 0 radical (unpaired) electrons. The minimum Gasteiger partial charge on any atom is -0.457 e. The molecule has 7 heteroatoms. The first-order valence-corrected chi connectivity index (χ1v) is 15.5. The molecule has 0 spiro atoms. The van der Waals surface area contributed by atoms with Gasteiger partial charge in [0.25, 0.3) is 0 Å². The van der Waals surface area contributed by atoms with Crippen molar-refractivity contribution in [3.05, 3.63) is 146 Å². The molecule has 0 aliphatic carbocycles. The Morgan fingerprint density at radius 3 is 2.00 bits per heavy atom. The highest BCUT2D eigenvalue weighted by atomic mass is 16.5. The van der Waals surface area contributed by atoms with Gasteiger partial charge >= 0.3 is 0 Å². The lowest BCUT2D eigenvalue weighted by molar-refractivity contribution is 0.484. The fraction of sp³-hybridized carbons (Fsp3) is 0. The molecule has 0 N–H and O–H groups in total. The van der Waals surface area contributed by atoms with Gasteiger partial charge in [0.15, 0.2) is 0 Å². The van der Waals surface area contributed by atoms with E-state index in [1.807, 2.05) is 79.3 Å². The van der Waals surface area contributed by atoms with E-state index in [1.54, 1.807) is 0 Å². The minimum atomic E-state index is 0.713. The Balaban J connectivity index is 1.15. The molecule has 0 bridgehead atoms. The first kappa shape index (κ1) is 25.7. The predicted octanol–water partition coefficient (Wildman–Crippen LogP) is 9.51. The molecule has 10 aromatic rings. The van der Waals surface area contributed by atoms with E-state index in [0.717, 1.165) is 83.2 Å². The molecule has 4 aromatic carbocycles. The van der Waals surface area contributed by atoms with Crippen molar-refractivity contribution in [2.75, 3.05) is 0 Å². The zero-order valence-electron chi connectivity index (χ0n) is 24.9. The lowest BCUT2D eigenvalue weighted by atomic mass is 10.1. The summed E-state index contributed by atoms with van der Waals surface area (Å²) in [6.07, 6.45) is 7.68. The Kier molecular flexibility index (Phi) is 5.44. The zero-order chi connectivity index (χ0) is 30.9. The van der Waals surface area contributed by atoms with E-state index in [2.05, 4.69) is 75.7 Å². The summed E-state index contributed by atoms with van der Waals surface area (Å²) in [6.45, 7) is 0. The Bertz CT molecular complexity index is 2770. The van der Waals surface area contributed by atoms with Crippen LogP contribution in [0.25, 0.3) is 77.4 Å². The Morgan fingerprint density at radius 2 is 1.19 bits per heavy atom. The van der Waals surface area contributed by atoms with Crippen molar-refractivity contribution in [2.45, 2.75) is 0 Å². The third-order valence-corrected chi connectivity index (χ3v) is 8.90. The highest BCUT2D eigenvalue weighted by Gasteiger charge is 2.17. The van der Waals surface area contributed by atoms with Gasteiger partial charge in [0.05, 0.1) is 28.6 Å². The molecular weight excluding hydrogens is 580 g/mol. The summed E-state index contributed by atoms with van der Waals surface area (Å²) in [5.41, 5.74) is 8.53. The molecule has 10 rings (SSSR count). The fourth-order valence-electron chi connectivity index (χ4n) is 6.78. The summed E-state index contributed by atoms with van der Waals surface area (Å²) in [6, 6.07) is 41.0. The van der Waals surface area contributed by atoms with Gasteiger partial charge in [-0.25, -0.2) is 15.0 Å². The molecule has 0 amide bonds. The second-order valence-corrected chi connectivity index (χ2v) is 11.6. The van der Waals surface area contributed by atoms with Crippen LogP contribution in [0, 0.1) is 0 Å². The maximum Gasteiger partial charge on any atom is 0.146 e. The van der Waals surface area contributed by atoms with Crippen LogP contribution in [-0.2, 0) is 0 Å². The normalized spacial score (nSPS) is 11.8. The van der Waals surface area contributed by atoms with Gasteiger partial charge in [0, 0.05) is 51.3 Å². The number of hydrogen-bond donors (Lipinski definition) is 0. The van der Waals surface area contributed by atoms with Gasteiger partial charge in [0.1, 0.15) is 28.4 Å². The van der Waals surface area contributed by atoms with Crippen molar-refractivity contribution in [1.82, 2.24) is 28.7 Å². The van der Waals surface area contributed by atoms with E-state index in [1.165, 1.54) is 0 Å². The van der Waals surface area contributed by atoms with Gasteiger partial charge in [-0.05, 0) is 66.0 Å². The molecule has 0 unspecified atom stereocenters. The number of pyridine rings is 4. The van der Waals surface area contributed by atoms with Gasteiger partial charge in [-0.1, -0.05) is 60.7 Å². The fourth-order valence-corrected chi connectivity index (χ4v) is 6.78. The maximum atomic E-state index is 6.59. The van der Waals surface area contributed by atoms with Gasteiger partial charge in [0.2, 0.25) is 0 Å². The lowest BCUT2D eigenvalue weighted by Crippen LogP contribution is -1.96. The Hall–Kier alpha value is -6.60. The largest absolute Gasteiger partial charge is 0.457 e. The highest BCUT2D eigenvalue weighted by Crippen LogP contribution is 2.37. The van der Waals surface area contributed by atoms with Crippen LogP contribution < -0.4 is 4.74 Å². The van der Waals surface area contributed by atoms with Crippen molar-refractivity contribution in [1.29, 1.82) is 0 Å². The number of imidazole rings is 2. The Morgan fingerprint density at radius 1 is 0.511 bits per heavy atom. The Labute approximate surface area is 268 Å². The van der Waals surface area contributed by atoms with Crippen LogP contribution in [0.15, 0.2) is 146 Å². The number of aromatic nitrogens is 6. The third-order valence-electron chi connectivity index (χ3n) is 8.90. The van der Waals surface area contributed by atoms with Crippen molar-refractivity contribution in [2.24, 2.45) is 0 Å². The number of ether oxygens (including phenoxy) is 1. The summed E-state index contributed by atoms with van der Waals surface area (Å²) in [5.74, 6) is 1.43. The number of benzene rings is 4. The molecule has 0 saturated carbocycles. The number of hydrogen-bond acceptors (Lipinski definition) is 5. The average molecular weight is 605 g/mol. The van der Waals surface area contributed by atoms with Crippen molar-refractivity contribution < 1.29 is 4.74 Å². The van der Waals surface area contributed by atoms with Crippen molar-refractivity contribution in [3.63, 3.8) is 0 Å². The molecule has 47 heavy (non-hydrogen) atoms. The molecule has 6 aromatic heterocycles. The molecule has 0 aliphatic heterocycles. The third kappa shape index (κ3) is 3.93. The highest BCUT2D eigenvalue weighted by molar-refractivity contribution is 6.12. The molecule has 0 saturated heterocycles. The molecule has 0 aliphatic rings. The van der Waals surface area contributed by atoms with E-state index in [4.69, 9.17) is 24.7 Å². The quantitative estimate of drug-likeness (QED) is 0.187. The number of fused-ring (bicyclic) bond motifs is 12. The van der Waals surface area contributed by atoms with Crippen LogP contribution >= 0.6 is 0 Å². The minimum absolute atomic E-state index is 0.713. The smallest absolute Gasteiger partial charge is 0.146 e.